The van der Waals surface area contributed by atoms with Crippen LogP contribution in [0.5, 0.6) is 0 Å². The van der Waals surface area contributed by atoms with Gasteiger partial charge in [-0.25, -0.2) is 0 Å². The fourth-order valence-corrected chi connectivity index (χ4v) is 4.56. The number of aliphatic hydroxyl groups is 2. The summed E-state index contributed by atoms with van der Waals surface area (Å²) in [6.45, 7) is 2.11. The Kier molecular flexibility index (Phi) is 11.1. The molecule has 3 N–H and O–H groups in total. The van der Waals surface area contributed by atoms with Crippen LogP contribution in [0.3, 0.4) is 0 Å². The average Bonchev–Trinajstić information content (AvgIpc) is 2.82. The fourth-order valence-electron chi connectivity index (χ4n) is 3.16. The number of carbonyl (C=O) groups is 2. The predicted octanol–water partition coefficient (Wildman–Crippen LogP) is 3.18. The first-order valence-electron chi connectivity index (χ1n) is 9.31. The van der Waals surface area contributed by atoms with Gasteiger partial charge in [-0.2, -0.15) is 0 Å². The minimum atomic E-state index is -0.789. The molecular formula is C19H32O5S. The van der Waals surface area contributed by atoms with Crippen LogP contribution in [0.25, 0.3) is 0 Å². The van der Waals surface area contributed by atoms with Crippen molar-refractivity contribution in [3.63, 3.8) is 0 Å². The maximum Gasteiger partial charge on any atom is 0.303 e. The van der Waals surface area contributed by atoms with Crippen molar-refractivity contribution >= 4 is 23.5 Å². The third kappa shape index (κ3) is 8.88. The highest BCUT2D eigenvalue weighted by atomic mass is 32.2. The molecule has 25 heavy (non-hydrogen) atoms. The van der Waals surface area contributed by atoms with Gasteiger partial charge in [-0.3, -0.25) is 9.59 Å². The Bertz CT molecular complexity index is 438. The summed E-state index contributed by atoms with van der Waals surface area (Å²) in [4.78, 5) is 22.4. The summed E-state index contributed by atoms with van der Waals surface area (Å²) >= 11 is 1.47. The third-order valence-electron chi connectivity index (χ3n) is 4.61. The molecule has 2 unspecified atom stereocenters. The molecule has 1 rings (SSSR count). The zero-order valence-electron chi connectivity index (χ0n) is 15.1. The molecule has 0 aromatic rings. The summed E-state index contributed by atoms with van der Waals surface area (Å²) in [5.41, 5.74) is 0. The average molecular weight is 373 g/mol. The minimum Gasteiger partial charge on any atom is -0.481 e. The predicted molar refractivity (Wildman–Crippen MR) is 101 cm³/mol. The van der Waals surface area contributed by atoms with E-state index in [1.807, 2.05) is 12.2 Å². The van der Waals surface area contributed by atoms with Gasteiger partial charge in [0.05, 0.1) is 18.0 Å². The second-order valence-electron chi connectivity index (χ2n) is 6.80. The molecule has 0 amide bonds. The van der Waals surface area contributed by atoms with Crippen LogP contribution in [0.15, 0.2) is 12.2 Å². The number of carboxylic acid groups (broad SMARTS) is 1. The Hall–Kier alpha value is -0.850. The molecule has 0 spiro atoms. The van der Waals surface area contributed by atoms with Crippen LogP contribution in [0.2, 0.25) is 0 Å². The highest BCUT2D eigenvalue weighted by Gasteiger charge is 2.41. The first-order chi connectivity index (χ1) is 12.0. The van der Waals surface area contributed by atoms with Gasteiger partial charge in [0.15, 0.2) is 0 Å². The molecule has 0 aromatic carbocycles. The van der Waals surface area contributed by atoms with Crippen molar-refractivity contribution in [2.24, 2.45) is 5.92 Å². The van der Waals surface area contributed by atoms with E-state index in [0.717, 1.165) is 19.3 Å². The smallest absolute Gasteiger partial charge is 0.303 e. The van der Waals surface area contributed by atoms with E-state index in [2.05, 4.69) is 6.92 Å². The molecule has 0 heterocycles. The van der Waals surface area contributed by atoms with Gasteiger partial charge in [0.25, 0.3) is 0 Å². The lowest BCUT2D eigenvalue weighted by Crippen LogP contribution is -2.25. The van der Waals surface area contributed by atoms with E-state index in [1.54, 1.807) is 0 Å². The van der Waals surface area contributed by atoms with Crippen molar-refractivity contribution in [1.82, 2.24) is 0 Å². The van der Waals surface area contributed by atoms with Gasteiger partial charge in [-0.1, -0.05) is 31.9 Å². The number of rotatable bonds is 13. The molecule has 0 saturated heterocycles. The van der Waals surface area contributed by atoms with Gasteiger partial charge in [-0.05, 0) is 25.7 Å². The lowest BCUT2D eigenvalue weighted by atomic mass is 10.0. The number of aliphatic carboxylic acids is 1. The normalized spacial score (nSPS) is 26.4. The molecule has 1 fully saturated rings. The number of Topliss-reactive ketones (excluding diaryl/α,β-unsaturated/α-hetero) is 1. The summed E-state index contributed by atoms with van der Waals surface area (Å²) in [6.07, 6.45) is 8.93. The lowest BCUT2D eigenvalue weighted by Gasteiger charge is -2.21. The first-order valence-corrected chi connectivity index (χ1v) is 10.4. The summed E-state index contributed by atoms with van der Waals surface area (Å²) in [6, 6.07) is 0. The van der Waals surface area contributed by atoms with Crippen molar-refractivity contribution in [2.75, 3.05) is 5.75 Å². The number of thioether (sulfide) groups is 1. The number of carboxylic acids is 1. The number of unbranched alkanes of at least 4 members (excludes halogenated alkanes) is 3. The number of ketones is 1. The summed E-state index contributed by atoms with van der Waals surface area (Å²) in [5.74, 6) is -0.228. The monoisotopic (exact) mass is 372 g/mol. The highest BCUT2D eigenvalue weighted by Crippen LogP contribution is 2.38. The van der Waals surface area contributed by atoms with Crippen LogP contribution >= 0.6 is 11.8 Å². The van der Waals surface area contributed by atoms with E-state index >= 15 is 0 Å². The molecule has 1 saturated carbocycles. The second-order valence-corrected chi connectivity index (χ2v) is 7.97. The zero-order valence-corrected chi connectivity index (χ0v) is 15.9. The second kappa shape index (κ2) is 12.5. The summed E-state index contributed by atoms with van der Waals surface area (Å²) < 4.78 is 0. The molecule has 0 radical (unpaired) electrons. The van der Waals surface area contributed by atoms with E-state index < -0.39 is 18.2 Å². The maximum absolute atomic E-state index is 11.9. The number of hydrogen-bond acceptors (Lipinski definition) is 5. The number of hydrogen-bond donors (Lipinski definition) is 3. The minimum absolute atomic E-state index is 0.0563. The molecular weight excluding hydrogens is 340 g/mol. The zero-order chi connectivity index (χ0) is 18.7. The van der Waals surface area contributed by atoms with Crippen molar-refractivity contribution < 1.29 is 24.9 Å². The summed E-state index contributed by atoms with van der Waals surface area (Å²) in [5, 5.41) is 28.8. The molecule has 144 valence electrons. The van der Waals surface area contributed by atoms with Gasteiger partial charge in [0, 0.05) is 30.4 Å². The van der Waals surface area contributed by atoms with Crippen LogP contribution < -0.4 is 0 Å². The topological polar surface area (TPSA) is 94.8 Å². The van der Waals surface area contributed by atoms with Crippen molar-refractivity contribution in [2.45, 2.75) is 82.2 Å². The van der Waals surface area contributed by atoms with Crippen LogP contribution in [0, 0.1) is 5.92 Å². The fraction of sp³-hybridized carbons (Fsp3) is 0.789. The molecule has 5 nitrogen and oxygen atoms in total. The van der Waals surface area contributed by atoms with Crippen molar-refractivity contribution in [1.29, 1.82) is 0 Å². The van der Waals surface area contributed by atoms with Gasteiger partial charge in [0.2, 0.25) is 0 Å². The Morgan fingerprint density at radius 1 is 1.08 bits per heavy atom. The van der Waals surface area contributed by atoms with Gasteiger partial charge in [0.1, 0.15) is 5.78 Å². The highest BCUT2D eigenvalue weighted by molar-refractivity contribution is 8.00. The van der Waals surface area contributed by atoms with Crippen LogP contribution in [0.4, 0.5) is 0 Å². The van der Waals surface area contributed by atoms with Crippen molar-refractivity contribution in [3.05, 3.63) is 12.2 Å². The Balaban J connectivity index is 2.38. The standard InChI is InChI=1S/C19H32O5S/c1-2-3-6-9-14(20)13-25-19-15(16(21)12-17(19)22)10-7-4-5-8-11-18(23)24/h4,7,15-17,19,21-22H,2-3,5-6,8-13H2,1H3,(H,23,24)/t15-,16?,17?,19+/m0/s1. The Labute approximate surface area is 154 Å². The molecule has 4 atom stereocenters. The number of allylic oxidation sites excluding steroid dienone is 2. The van der Waals surface area contributed by atoms with E-state index in [9.17, 15) is 19.8 Å². The van der Waals surface area contributed by atoms with E-state index in [1.165, 1.54) is 11.8 Å². The van der Waals surface area contributed by atoms with E-state index in [-0.39, 0.29) is 23.4 Å². The maximum atomic E-state index is 11.9. The van der Waals surface area contributed by atoms with Gasteiger partial charge in [-0.15, -0.1) is 11.8 Å². The molecule has 1 aliphatic carbocycles. The Morgan fingerprint density at radius 3 is 2.52 bits per heavy atom. The largest absolute Gasteiger partial charge is 0.481 e. The van der Waals surface area contributed by atoms with Crippen LogP contribution in [-0.4, -0.2) is 50.3 Å². The van der Waals surface area contributed by atoms with E-state index in [4.69, 9.17) is 5.11 Å². The van der Waals surface area contributed by atoms with E-state index in [0.29, 0.717) is 37.9 Å². The molecule has 1 aliphatic rings. The third-order valence-corrected chi connectivity index (χ3v) is 6.15. The molecule has 6 heteroatoms. The van der Waals surface area contributed by atoms with Gasteiger partial charge < -0.3 is 15.3 Å². The Morgan fingerprint density at radius 2 is 1.84 bits per heavy atom. The quantitative estimate of drug-likeness (QED) is 0.339. The molecule has 0 aromatic heterocycles. The first kappa shape index (κ1) is 22.2. The lowest BCUT2D eigenvalue weighted by molar-refractivity contribution is -0.137. The summed E-state index contributed by atoms with van der Waals surface area (Å²) in [7, 11) is 0. The number of aliphatic hydroxyl groups excluding tert-OH is 2. The number of carbonyl (C=O) groups excluding carboxylic acids is 1. The van der Waals surface area contributed by atoms with Gasteiger partial charge >= 0.3 is 5.97 Å². The molecule has 0 aliphatic heterocycles. The molecule has 0 bridgehead atoms. The van der Waals surface area contributed by atoms with Crippen molar-refractivity contribution in [3.8, 4) is 0 Å². The SMILES string of the molecule is CCCCCC(=O)CS[C@H]1C(O)CC(O)[C@@H]1CC=CCCCC(=O)O. The van der Waals surface area contributed by atoms with Crippen LogP contribution in [-0.2, 0) is 9.59 Å². The van der Waals surface area contributed by atoms with Crippen LogP contribution in [0.1, 0.15) is 64.7 Å².